The van der Waals surface area contributed by atoms with Crippen LogP contribution in [0.4, 0.5) is 0 Å². The quantitative estimate of drug-likeness (QED) is 0.359. The summed E-state index contributed by atoms with van der Waals surface area (Å²) in [5, 5.41) is 14.3. The van der Waals surface area contributed by atoms with Gasteiger partial charge in [0, 0.05) is 25.1 Å². The number of carboxylic acids is 1. The van der Waals surface area contributed by atoms with Gasteiger partial charge in [-0.3, -0.25) is 9.59 Å². The van der Waals surface area contributed by atoms with Crippen molar-refractivity contribution in [3.05, 3.63) is 59.2 Å². The molecule has 1 unspecified atom stereocenters. The number of nitrogens with zero attached hydrogens (tertiary/aromatic N) is 1. The van der Waals surface area contributed by atoms with Crippen LogP contribution in [0.15, 0.2) is 42.5 Å². The Morgan fingerprint density at radius 1 is 1.07 bits per heavy atom. The van der Waals surface area contributed by atoms with Crippen molar-refractivity contribution < 1.29 is 38.4 Å². The van der Waals surface area contributed by atoms with Crippen molar-refractivity contribution in [1.29, 1.82) is 0 Å². The number of amides is 2. The maximum Gasteiger partial charge on any atom is 1.00 e. The number of aliphatic carboxylic acids is 1. The summed E-state index contributed by atoms with van der Waals surface area (Å²) < 4.78 is 0. The molecule has 0 saturated heterocycles. The molecule has 1 aliphatic rings. The molecule has 0 aliphatic heterocycles. The molecule has 3 rings (SSSR count). The first-order valence-corrected chi connectivity index (χ1v) is 15.7. The first-order chi connectivity index (χ1) is 18.8. The fourth-order valence-electron chi connectivity index (χ4n) is 5.40. The summed E-state index contributed by atoms with van der Waals surface area (Å²) in [5.74, 6) is -0.294. The SMILES string of the molecule is CCCC(=O)N(CCc1ccc(C(=O)NC(CCSC)C(=O)[O-])c(-c2ccccc2C)c1)CC1CCCCC1.[Li+]. The molecule has 0 bridgehead atoms. The second-order valence-corrected chi connectivity index (χ2v) is 11.7. The van der Waals surface area contributed by atoms with E-state index >= 15 is 0 Å². The maximum absolute atomic E-state index is 13.3. The van der Waals surface area contributed by atoms with E-state index in [0.717, 1.165) is 35.2 Å². The number of carboxylic acid groups (broad SMARTS) is 1. The van der Waals surface area contributed by atoms with Crippen LogP contribution >= 0.6 is 11.8 Å². The summed E-state index contributed by atoms with van der Waals surface area (Å²) in [5.41, 5.74) is 4.20. The smallest absolute Gasteiger partial charge is 0.548 e. The summed E-state index contributed by atoms with van der Waals surface area (Å²) in [4.78, 5) is 40.0. The Labute approximate surface area is 256 Å². The third-order valence-electron chi connectivity index (χ3n) is 7.65. The summed E-state index contributed by atoms with van der Waals surface area (Å²) in [6.45, 7) is 5.52. The largest absolute Gasteiger partial charge is 1.00 e. The Morgan fingerprint density at radius 2 is 1.80 bits per heavy atom. The third kappa shape index (κ3) is 10.0. The van der Waals surface area contributed by atoms with E-state index in [0.29, 0.717) is 43.0 Å². The Bertz CT molecular complexity index is 1120. The zero-order valence-electron chi connectivity index (χ0n) is 24.7. The Hall–Kier alpha value is -2.20. The van der Waals surface area contributed by atoms with E-state index < -0.39 is 17.9 Å². The van der Waals surface area contributed by atoms with Crippen molar-refractivity contribution in [2.24, 2.45) is 5.92 Å². The van der Waals surface area contributed by atoms with E-state index in [1.807, 2.05) is 61.4 Å². The van der Waals surface area contributed by atoms with E-state index in [2.05, 4.69) is 5.32 Å². The van der Waals surface area contributed by atoms with Crippen molar-refractivity contribution in [3.8, 4) is 11.1 Å². The standard InChI is InChI=1S/C32H44N2O4S.Li/c1-4-10-30(35)34(22-25-12-6-5-7-13-25)19-17-24-15-16-27(28(21-24)26-14-9-8-11-23(26)2)31(36)33-29(32(37)38)18-20-39-3;/h8-9,11,14-16,21,25,29H,4-7,10,12-13,17-20,22H2,1-3H3,(H,33,36)(H,37,38);/q;+1/p-1. The molecule has 1 atom stereocenters. The molecule has 1 fully saturated rings. The first-order valence-electron chi connectivity index (χ1n) is 14.3. The number of carbonyl (C=O) groups is 3. The molecule has 0 heterocycles. The molecule has 0 aromatic heterocycles. The van der Waals surface area contributed by atoms with Crippen LogP contribution in [0.3, 0.4) is 0 Å². The fraction of sp³-hybridized carbons (Fsp3) is 0.531. The summed E-state index contributed by atoms with van der Waals surface area (Å²) in [7, 11) is 0. The molecule has 2 aromatic carbocycles. The number of nitrogens with one attached hydrogen (secondary N) is 1. The normalized spacial score (nSPS) is 14.2. The van der Waals surface area contributed by atoms with Crippen molar-refractivity contribution in [2.45, 2.75) is 77.7 Å². The van der Waals surface area contributed by atoms with E-state index in [1.54, 1.807) is 6.07 Å². The van der Waals surface area contributed by atoms with Crippen LogP contribution in [0.5, 0.6) is 0 Å². The minimum Gasteiger partial charge on any atom is -0.548 e. The van der Waals surface area contributed by atoms with Gasteiger partial charge in [-0.15, -0.1) is 0 Å². The maximum atomic E-state index is 13.3. The van der Waals surface area contributed by atoms with Crippen molar-refractivity contribution in [2.75, 3.05) is 25.1 Å². The number of aryl methyl sites for hydroxylation is 1. The molecule has 2 aromatic rings. The van der Waals surface area contributed by atoms with Crippen LogP contribution < -0.4 is 29.3 Å². The number of hydrogen-bond donors (Lipinski definition) is 1. The molecule has 1 saturated carbocycles. The van der Waals surface area contributed by atoms with Gasteiger partial charge in [-0.2, -0.15) is 11.8 Å². The molecule has 40 heavy (non-hydrogen) atoms. The number of benzene rings is 2. The van der Waals surface area contributed by atoms with E-state index in [-0.39, 0.29) is 24.8 Å². The predicted octanol–water partition coefficient (Wildman–Crippen LogP) is 2.02. The molecule has 8 heteroatoms. The van der Waals surface area contributed by atoms with Gasteiger partial charge in [0.15, 0.2) is 0 Å². The summed E-state index contributed by atoms with van der Waals surface area (Å²) in [6, 6.07) is 12.6. The van der Waals surface area contributed by atoms with Crippen LogP contribution in [0.2, 0.25) is 0 Å². The van der Waals surface area contributed by atoms with E-state index in [4.69, 9.17) is 0 Å². The zero-order valence-corrected chi connectivity index (χ0v) is 25.5. The first kappa shape index (κ1) is 34.0. The third-order valence-corrected chi connectivity index (χ3v) is 8.30. The van der Waals surface area contributed by atoms with Crippen LogP contribution in [0.1, 0.15) is 79.8 Å². The van der Waals surface area contributed by atoms with Crippen LogP contribution in [0, 0.1) is 12.8 Å². The zero-order chi connectivity index (χ0) is 28.2. The van der Waals surface area contributed by atoms with E-state index in [9.17, 15) is 19.5 Å². The van der Waals surface area contributed by atoms with Gasteiger partial charge in [-0.1, -0.05) is 62.6 Å². The molecular formula is C32H43LiN2O4S. The average Bonchev–Trinajstić information content (AvgIpc) is 2.93. The fourth-order valence-corrected chi connectivity index (χ4v) is 5.87. The Kier molecular flexibility index (Phi) is 14.9. The molecule has 6 nitrogen and oxygen atoms in total. The van der Waals surface area contributed by atoms with E-state index in [1.165, 1.54) is 43.9 Å². The summed E-state index contributed by atoms with van der Waals surface area (Å²) >= 11 is 1.53. The van der Waals surface area contributed by atoms with Gasteiger partial charge in [0.05, 0.1) is 12.0 Å². The van der Waals surface area contributed by atoms with Gasteiger partial charge in [0.25, 0.3) is 5.91 Å². The number of rotatable bonds is 14. The van der Waals surface area contributed by atoms with Gasteiger partial charge < -0.3 is 20.1 Å². The predicted molar refractivity (Wildman–Crippen MR) is 158 cm³/mol. The molecule has 0 spiro atoms. The minimum absolute atomic E-state index is 0. The molecule has 1 aliphatic carbocycles. The molecular weight excluding hydrogens is 515 g/mol. The topological polar surface area (TPSA) is 89.5 Å². The van der Waals surface area contributed by atoms with Crippen molar-refractivity contribution >= 4 is 29.5 Å². The number of thioether (sulfide) groups is 1. The molecule has 0 radical (unpaired) electrons. The number of carbonyl (C=O) groups excluding carboxylic acids is 3. The van der Waals surface area contributed by atoms with Gasteiger partial charge in [0.2, 0.25) is 5.91 Å². The second-order valence-electron chi connectivity index (χ2n) is 10.7. The van der Waals surface area contributed by atoms with Crippen LogP contribution in [-0.4, -0.2) is 53.8 Å². The van der Waals surface area contributed by atoms with Gasteiger partial charge >= 0.3 is 18.9 Å². The monoisotopic (exact) mass is 558 g/mol. The minimum atomic E-state index is -1.28. The molecule has 2 amide bonds. The molecule has 1 N–H and O–H groups in total. The number of hydrogen-bond acceptors (Lipinski definition) is 5. The Morgan fingerprint density at radius 3 is 2.45 bits per heavy atom. The van der Waals surface area contributed by atoms with Gasteiger partial charge in [-0.25, -0.2) is 0 Å². The van der Waals surface area contributed by atoms with Crippen molar-refractivity contribution in [3.63, 3.8) is 0 Å². The van der Waals surface area contributed by atoms with Gasteiger partial charge in [-0.05, 0) is 85.3 Å². The second kappa shape index (κ2) is 17.6. The van der Waals surface area contributed by atoms with Crippen LogP contribution in [0.25, 0.3) is 11.1 Å². The Balaban J connectivity index is 0.00000560. The summed E-state index contributed by atoms with van der Waals surface area (Å²) in [6.07, 6.45) is 10.5. The van der Waals surface area contributed by atoms with Gasteiger partial charge in [0.1, 0.15) is 0 Å². The average molecular weight is 559 g/mol. The van der Waals surface area contributed by atoms with Crippen LogP contribution in [-0.2, 0) is 16.0 Å². The molecule has 212 valence electrons. The van der Waals surface area contributed by atoms with Crippen molar-refractivity contribution in [1.82, 2.24) is 10.2 Å².